The number of Topliss-reactive ketones (excluding diaryl/α,β-unsaturated/α-hetero) is 1. The van der Waals surface area contributed by atoms with Gasteiger partial charge in [-0.15, -0.1) is 0 Å². The average Bonchev–Trinajstić information content (AvgIpc) is 2.97. The van der Waals surface area contributed by atoms with Gasteiger partial charge in [0.2, 0.25) is 0 Å². The van der Waals surface area contributed by atoms with Crippen LogP contribution in [0.2, 0.25) is 0 Å². The number of aromatic nitrogens is 2. The molecule has 1 aliphatic carbocycles. The molecule has 4 heteroatoms. The van der Waals surface area contributed by atoms with E-state index < -0.39 is 0 Å². The second-order valence-electron chi connectivity index (χ2n) is 4.96. The first-order valence-corrected chi connectivity index (χ1v) is 6.50. The Bertz CT molecular complexity index is 391. The number of nitrogens with two attached hydrogens (primary N) is 1. The van der Waals surface area contributed by atoms with E-state index in [9.17, 15) is 4.79 Å². The van der Waals surface area contributed by atoms with Gasteiger partial charge in [0.15, 0.2) is 5.78 Å². The molecule has 0 spiro atoms. The maximum atomic E-state index is 12.6. The number of ketones is 1. The standard InChI is InChI=1S/C13H21N3O/c1-2-9-16-11(5-8-15-16)12(17)13(10-14)6-3-4-7-13/h5,8H,2-4,6-7,9-10,14H2,1H3. The molecule has 17 heavy (non-hydrogen) atoms. The van der Waals surface area contributed by atoms with Gasteiger partial charge in [0.05, 0.1) is 0 Å². The fourth-order valence-corrected chi connectivity index (χ4v) is 2.76. The third kappa shape index (κ3) is 2.14. The molecule has 1 saturated carbocycles. The number of hydrogen-bond donors (Lipinski definition) is 1. The minimum atomic E-state index is -0.314. The zero-order chi connectivity index (χ0) is 12.3. The van der Waals surface area contributed by atoms with Crippen LogP contribution in [0.4, 0.5) is 0 Å². The highest BCUT2D eigenvalue weighted by Crippen LogP contribution is 2.39. The van der Waals surface area contributed by atoms with Gasteiger partial charge < -0.3 is 5.73 Å². The van der Waals surface area contributed by atoms with Crippen molar-refractivity contribution in [3.8, 4) is 0 Å². The van der Waals surface area contributed by atoms with Crippen molar-refractivity contribution < 1.29 is 4.79 Å². The molecule has 1 aromatic heterocycles. The van der Waals surface area contributed by atoms with E-state index in [1.54, 1.807) is 6.20 Å². The average molecular weight is 235 g/mol. The summed E-state index contributed by atoms with van der Waals surface area (Å²) in [4.78, 5) is 12.6. The summed E-state index contributed by atoms with van der Waals surface area (Å²) in [5.41, 5.74) is 6.27. The van der Waals surface area contributed by atoms with Gasteiger partial charge in [-0.2, -0.15) is 5.10 Å². The summed E-state index contributed by atoms with van der Waals surface area (Å²) in [7, 11) is 0. The van der Waals surface area contributed by atoms with Gasteiger partial charge in [-0.25, -0.2) is 0 Å². The lowest BCUT2D eigenvalue weighted by molar-refractivity contribution is 0.0797. The predicted octanol–water partition coefficient (Wildman–Crippen LogP) is 1.99. The summed E-state index contributed by atoms with van der Waals surface area (Å²) in [6.07, 6.45) is 6.79. The number of aryl methyl sites for hydroxylation is 1. The smallest absolute Gasteiger partial charge is 0.188 e. The second-order valence-corrected chi connectivity index (χ2v) is 4.96. The highest BCUT2D eigenvalue weighted by Gasteiger charge is 2.41. The third-order valence-electron chi connectivity index (χ3n) is 3.82. The first-order chi connectivity index (χ1) is 8.23. The van der Waals surface area contributed by atoms with E-state index in [1.807, 2.05) is 10.7 Å². The molecular weight excluding hydrogens is 214 g/mol. The molecule has 1 aliphatic rings. The number of hydrogen-bond acceptors (Lipinski definition) is 3. The summed E-state index contributed by atoms with van der Waals surface area (Å²) in [5.74, 6) is 0.198. The second kappa shape index (κ2) is 5.00. The van der Waals surface area contributed by atoms with Crippen LogP contribution in [-0.4, -0.2) is 22.1 Å². The Balaban J connectivity index is 2.26. The van der Waals surface area contributed by atoms with E-state index >= 15 is 0 Å². The van der Waals surface area contributed by atoms with Gasteiger partial charge in [0.1, 0.15) is 5.69 Å². The lowest BCUT2D eigenvalue weighted by atomic mass is 9.80. The van der Waals surface area contributed by atoms with E-state index in [0.717, 1.165) is 44.3 Å². The van der Waals surface area contributed by atoms with Crippen LogP contribution in [-0.2, 0) is 6.54 Å². The third-order valence-corrected chi connectivity index (χ3v) is 3.82. The van der Waals surface area contributed by atoms with Gasteiger partial charge in [0.25, 0.3) is 0 Å². The summed E-state index contributed by atoms with van der Waals surface area (Å²) in [5, 5.41) is 4.22. The Morgan fingerprint density at radius 3 is 2.82 bits per heavy atom. The minimum Gasteiger partial charge on any atom is -0.329 e. The summed E-state index contributed by atoms with van der Waals surface area (Å²) in [6.45, 7) is 3.35. The molecule has 2 rings (SSSR count). The molecule has 0 atom stereocenters. The Morgan fingerprint density at radius 1 is 1.53 bits per heavy atom. The maximum Gasteiger partial charge on any atom is 0.188 e. The van der Waals surface area contributed by atoms with Crippen molar-refractivity contribution in [1.29, 1.82) is 0 Å². The quantitative estimate of drug-likeness (QED) is 0.794. The highest BCUT2D eigenvalue weighted by molar-refractivity contribution is 5.99. The van der Waals surface area contributed by atoms with Crippen molar-refractivity contribution in [2.45, 2.75) is 45.6 Å². The van der Waals surface area contributed by atoms with E-state index in [2.05, 4.69) is 12.0 Å². The van der Waals surface area contributed by atoms with E-state index in [4.69, 9.17) is 5.73 Å². The van der Waals surface area contributed by atoms with Crippen molar-refractivity contribution in [2.24, 2.45) is 11.1 Å². The van der Waals surface area contributed by atoms with Crippen LogP contribution >= 0.6 is 0 Å². The lowest BCUT2D eigenvalue weighted by Gasteiger charge is -2.25. The Labute approximate surface area is 102 Å². The Kier molecular flexibility index (Phi) is 3.62. The normalized spacial score (nSPS) is 18.5. The number of carbonyl (C=O) groups excluding carboxylic acids is 1. The van der Waals surface area contributed by atoms with Crippen LogP contribution < -0.4 is 5.73 Å². The van der Waals surface area contributed by atoms with Gasteiger partial charge in [0, 0.05) is 24.7 Å². The molecule has 0 amide bonds. The molecule has 0 radical (unpaired) electrons. The Hall–Kier alpha value is -1.16. The minimum absolute atomic E-state index is 0.198. The fourth-order valence-electron chi connectivity index (χ4n) is 2.76. The molecule has 0 saturated heterocycles. The zero-order valence-electron chi connectivity index (χ0n) is 10.5. The van der Waals surface area contributed by atoms with E-state index in [0.29, 0.717) is 6.54 Å². The molecule has 1 aromatic rings. The first-order valence-electron chi connectivity index (χ1n) is 6.50. The van der Waals surface area contributed by atoms with Crippen molar-refractivity contribution >= 4 is 5.78 Å². The molecule has 0 bridgehead atoms. The molecule has 1 fully saturated rings. The van der Waals surface area contributed by atoms with E-state index in [-0.39, 0.29) is 11.2 Å². The highest BCUT2D eigenvalue weighted by atomic mass is 16.1. The molecule has 94 valence electrons. The van der Waals surface area contributed by atoms with Crippen LogP contribution in [0.5, 0.6) is 0 Å². The molecule has 0 aromatic carbocycles. The van der Waals surface area contributed by atoms with Gasteiger partial charge >= 0.3 is 0 Å². The largest absolute Gasteiger partial charge is 0.329 e. The van der Waals surface area contributed by atoms with Crippen LogP contribution in [0.25, 0.3) is 0 Å². The zero-order valence-corrected chi connectivity index (χ0v) is 10.5. The molecule has 2 N–H and O–H groups in total. The number of carbonyl (C=O) groups is 1. The summed E-state index contributed by atoms with van der Waals surface area (Å²) < 4.78 is 1.82. The maximum absolute atomic E-state index is 12.6. The molecule has 0 aliphatic heterocycles. The van der Waals surface area contributed by atoms with Crippen molar-refractivity contribution in [2.75, 3.05) is 6.54 Å². The van der Waals surface area contributed by atoms with Crippen LogP contribution in [0.15, 0.2) is 12.3 Å². The molecule has 1 heterocycles. The molecular formula is C13H21N3O. The molecule has 0 unspecified atom stereocenters. The van der Waals surface area contributed by atoms with Gasteiger partial charge in [-0.05, 0) is 25.3 Å². The van der Waals surface area contributed by atoms with Crippen molar-refractivity contribution in [3.05, 3.63) is 18.0 Å². The predicted molar refractivity (Wildman–Crippen MR) is 66.8 cm³/mol. The van der Waals surface area contributed by atoms with E-state index in [1.165, 1.54) is 0 Å². The van der Waals surface area contributed by atoms with Gasteiger partial charge in [-0.3, -0.25) is 9.48 Å². The lowest BCUT2D eigenvalue weighted by Crippen LogP contribution is -2.37. The number of rotatable bonds is 5. The van der Waals surface area contributed by atoms with Crippen LogP contribution in [0.1, 0.15) is 49.5 Å². The van der Waals surface area contributed by atoms with Crippen LogP contribution in [0, 0.1) is 5.41 Å². The topological polar surface area (TPSA) is 60.9 Å². The first kappa shape index (κ1) is 12.3. The Morgan fingerprint density at radius 2 is 2.24 bits per heavy atom. The summed E-state index contributed by atoms with van der Waals surface area (Å²) in [6, 6.07) is 1.83. The van der Waals surface area contributed by atoms with Gasteiger partial charge in [-0.1, -0.05) is 19.8 Å². The SMILES string of the molecule is CCCn1nccc1C(=O)C1(CN)CCCC1. The monoisotopic (exact) mass is 235 g/mol. The molecule has 4 nitrogen and oxygen atoms in total. The van der Waals surface area contributed by atoms with Crippen LogP contribution in [0.3, 0.4) is 0 Å². The van der Waals surface area contributed by atoms with Crippen molar-refractivity contribution in [3.63, 3.8) is 0 Å². The van der Waals surface area contributed by atoms with Crippen molar-refractivity contribution in [1.82, 2.24) is 9.78 Å². The number of nitrogens with zero attached hydrogens (tertiary/aromatic N) is 2. The summed E-state index contributed by atoms with van der Waals surface area (Å²) >= 11 is 0. The fraction of sp³-hybridized carbons (Fsp3) is 0.692.